The van der Waals surface area contributed by atoms with Gasteiger partial charge in [0, 0.05) is 20.0 Å². The number of piperidine rings is 1. The molecule has 5 heteroatoms. The van der Waals surface area contributed by atoms with E-state index in [1.54, 1.807) is 14.0 Å². The summed E-state index contributed by atoms with van der Waals surface area (Å²) in [6.07, 6.45) is 2.44. The van der Waals surface area contributed by atoms with Crippen molar-refractivity contribution >= 4 is 27.8 Å². The first-order valence-corrected chi connectivity index (χ1v) is 7.08. The Labute approximate surface area is 112 Å². The molecule has 0 radical (unpaired) electrons. The van der Waals surface area contributed by atoms with Crippen LogP contribution in [-0.2, 0) is 0 Å². The molecule has 1 aromatic heterocycles. The topological polar surface area (TPSA) is 55.6 Å². The number of carbonyl (C=O) groups is 1. The summed E-state index contributed by atoms with van der Waals surface area (Å²) in [5.41, 5.74) is 6.48. The number of nitrogen functional groups attached to an aromatic ring is 1. The molecule has 18 heavy (non-hydrogen) atoms. The molecule has 2 N–H and O–H groups in total. The van der Waals surface area contributed by atoms with Gasteiger partial charge < -0.3 is 15.4 Å². The van der Waals surface area contributed by atoms with Crippen LogP contribution in [0.3, 0.4) is 0 Å². The minimum atomic E-state index is 0.00658. The van der Waals surface area contributed by atoms with Gasteiger partial charge >= 0.3 is 0 Å². The van der Waals surface area contributed by atoms with Gasteiger partial charge in [-0.2, -0.15) is 0 Å². The standard InChI is InChI=1S/C13H20N2O2S/c1-8-5-4-6-15(7-8)13-11(17-3)10(14)12(18-13)9(2)16/h8H,4-7,14H2,1-3H3. The quantitative estimate of drug-likeness (QED) is 0.856. The normalized spacial score (nSPS) is 19.9. The van der Waals surface area contributed by atoms with E-state index in [9.17, 15) is 4.79 Å². The van der Waals surface area contributed by atoms with E-state index in [2.05, 4.69) is 11.8 Å². The molecule has 1 fully saturated rings. The molecule has 0 spiro atoms. The molecule has 0 saturated carbocycles. The third-order valence-electron chi connectivity index (χ3n) is 3.35. The van der Waals surface area contributed by atoms with Gasteiger partial charge in [0.25, 0.3) is 0 Å². The molecule has 1 aliphatic rings. The lowest BCUT2D eigenvalue weighted by Crippen LogP contribution is -2.33. The largest absolute Gasteiger partial charge is 0.492 e. The molecular formula is C13H20N2O2S. The van der Waals surface area contributed by atoms with E-state index in [0.717, 1.165) is 18.1 Å². The molecule has 1 aromatic rings. The van der Waals surface area contributed by atoms with Gasteiger partial charge in [-0.25, -0.2) is 0 Å². The van der Waals surface area contributed by atoms with Crippen molar-refractivity contribution in [3.8, 4) is 5.75 Å². The Bertz CT molecular complexity index is 456. The van der Waals surface area contributed by atoms with Crippen LogP contribution in [0.2, 0.25) is 0 Å². The predicted molar refractivity (Wildman–Crippen MR) is 75.9 cm³/mol. The molecule has 0 bridgehead atoms. The molecule has 0 aromatic carbocycles. The van der Waals surface area contributed by atoms with Crippen LogP contribution in [0.25, 0.3) is 0 Å². The molecule has 0 aliphatic carbocycles. The van der Waals surface area contributed by atoms with Crippen LogP contribution in [0, 0.1) is 5.92 Å². The first-order valence-electron chi connectivity index (χ1n) is 6.26. The van der Waals surface area contributed by atoms with Gasteiger partial charge in [-0.1, -0.05) is 6.92 Å². The van der Waals surface area contributed by atoms with Crippen molar-refractivity contribution in [3.05, 3.63) is 4.88 Å². The number of nitrogens with zero attached hydrogens (tertiary/aromatic N) is 1. The smallest absolute Gasteiger partial charge is 0.177 e. The summed E-state index contributed by atoms with van der Waals surface area (Å²) in [5, 5.41) is 1.01. The minimum absolute atomic E-state index is 0.00658. The molecule has 1 atom stereocenters. The maximum absolute atomic E-state index is 11.6. The Morgan fingerprint density at radius 1 is 1.56 bits per heavy atom. The van der Waals surface area contributed by atoms with Crippen molar-refractivity contribution < 1.29 is 9.53 Å². The average Bonchev–Trinajstić information content (AvgIpc) is 2.66. The molecule has 1 unspecified atom stereocenters. The Hall–Kier alpha value is -1.23. The lowest BCUT2D eigenvalue weighted by molar-refractivity contribution is 0.102. The first-order chi connectivity index (χ1) is 8.54. The summed E-state index contributed by atoms with van der Waals surface area (Å²) in [4.78, 5) is 14.5. The number of carbonyl (C=O) groups excluding carboxylic acids is 1. The lowest BCUT2D eigenvalue weighted by atomic mass is 10.0. The fraction of sp³-hybridized carbons (Fsp3) is 0.615. The fourth-order valence-corrected chi connectivity index (χ4v) is 3.58. The van der Waals surface area contributed by atoms with Crippen molar-refractivity contribution in [2.75, 3.05) is 30.8 Å². The zero-order chi connectivity index (χ0) is 13.3. The molecule has 100 valence electrons. The zero-order valence-electron chi connectivity index (χ0n) is 11.2. The maximum Gasteiger partial charge on any atom is 0.177 e. The Balaban J connectivity index is 2.37. The van der Waals surface area contributed by atoms with E-state index in [0.29, 0.717) is 22.2 Å². The predicted octanol–water partition coefficient (Wildman–Crippen LogP) is 2.78. The highest BCUT2D eigenvalue weighted by Crippen LogP contribution is 2.45. The molecule has 1 saturated heterocycles. The van der Waals surface area contributed by atoms with E-state index in [1.807, 2.05) is 0 Å². The van der Waals surface area contributed by atoms with Gasteiger partial charge in [-0.05, 0) is 18.8 Å². The summed E-state index contributed by atoms with van der Waals surface area (Å²) in [7, 11) is 1.61. The van der Waals surface area contributed by atoms with Gasteiger partial charge in [0.1, 0.15) is 5.00 Å². The minimum Gasteiger partial charge on any atom is -0.492 e. The number of hydrogen-bond donors (Lipinski definition) is 1. The molecule has 2 heterocycles. The lowest BCUT2D eigenvalue weighted by Gasteiger charge is -2.32. The van der Waals surface area contributed by atoms with Crippen LogP contribution in [0.4, 0.5) is 10.7 Å². The highest BCUT2D eigenvalue weighted by Gasteiger charge is 2.26. The number of ether oxygens (including phenoxy) is 1. The highest BCUT2D eigenvalue weighted by atomic mass is 32.1. The van der Waals surface area contributed by atoms with Crippen LogP contribution >= 0.6 is 11.3 Å². The van der Waals surface area contributed by atoms with Crippen LogP contribution in [0.1, 0.15) is 36.4 Å². The van der Waals surface area contributed by atoms with Crippen molar-refractivity contribution in [3.63, 3.8) is 0 Å². The van der Waals surface area contributed by atoms with Crippen LogP contribution in [-0.4, -0.2) is 26.0 Å². The van der Waals surface area contributed by atoms with E-state index in [4.69, 9.17) is 10.5 Å². The summed E-state index contributed by atoms with van der Waals surface area (Å²) in [6, 6.07) is 0. The first kappa shape index (κ1) is 13.2. The van der Waals surface area contributed by atoms with Crippen LogP contribution < -0.4 is 15.4 Å². The zero-order valence-corrected chi connectivity index (χ0v) is 12.0. The van der Waals surface area contributed by atoms with Crippen LogP contribution in [0.5, 0.6) is 5.75 Å². The Morgan fingerprint density at radius 2 is 2.28 bits per heavy atom. The van der Waals surface area contributed by atoms with Gasteiger partial charge in [-0.15, -0.1) is 11.3 Å². The van der Waals surface area contributed by atoms with E-state index in [1.165, 1.54) is 24.2 Å². The molecule has 2 rings (SSSR count). The number of ketones is 1. The number of nitrogens with two attached hydrogens (primary N) is 1. The summed E-state index contributed by atoms with van der Waals surface area (Å²) >= 11 is 1.45. The van der Waals surface area contributed by atoms with Crippen LogP contribution in [0.15, 0.2) is 0 Å². The Morgan fingerprint density at radius 3 is 2.83 bits per heavy atom. The summed E-state index contributed by atoms with van der Waals surface area (Å²) in [6.45, 7) is 5.82. The number of thiophene rings is 1. The molecular weight excluding hydrogens is 248 g/mol. The number of rotatable bonds is 3. The number of Topliss-reactive ketones (excluding diaryl/α,β-unsaturated/α-hetero) is 1. The number of hydrogen-bond acceptors (Lipinski definition) is 5. The van der Waals surface area contributed by atoms with Crippen molar-refractivity contribution in [1.82, 2.24) is 0 Å². The van der Waals surface area contributed by atoms with Gasteiger partial charge in [0.15, 0.2) is 11.5 Å². The summed E-state index contributed by atoms with van der Waals surface area (Å²) in [5.74, 6) is 1.35. The van der Waals surface area contributed by atoms with E-state index >= 15 is 0 Å². The summed E-state index contributed by atoms with van der Waals surface area (Å²) < 4.78 is 5.39. The second kappa shape index (κ2) is 5.18. The van der Waals surface area contributed by atoms with E-state index in [-0.39, 0.29) is 5.78 Å². The second-order valence-electron chi connectivity index (χ2n) is 4.93. The van der Waals surface area contributed by atoms with Gasteiger partial charge in [0.05, 0.1) is 17.7 Å². The molecule has 0 amide bonds. The second-order valence-corrected chi connectivity index (χ2v) is 5.93. The van der Waals surface area contributed by atoms with E-state index < -0.39 is 0 Å². The maximum atomic E-state index is 11.6. The number of methoxy groups -OCH3 is 1. The third-order valence-corrected chi connectivity index (χ3v) is 4.70. The fourth-order valence-electron chi connectivity index (χ4n) is 2.46. The molecule has 1 aliphatic heterocycles. The van der Waals surface area contributed by atoms with Gasteiger partial charge in [-0.3, -0.25) is 4.79 Å². The average molecular weight is 268 g/mol. The molecule has 4 nitrogen and oxygen atoms in total. The number of anilines is 2. The van der Waals surface area contributed by atoms with Crippen molar-refractivity contribution in [2.24, 2.45) is 5.92 Å². The van der Waals surface area contributed by atoms with Gasteiger partial charge in [0.2, 0.25) is 0 Å². The Kier molecular flexibility index (Phi) is 3.80. The SMILES string of the molecule is COc1c(N2CCCC(C)C2)sc(C(C)=O)c1N. The van der Waals surface area contributed by atoms with Crippen molar-refractivity contribution in [2.45, 2.75) is 26.7 Å². The monoisotopic (exact) mass is 268 g/mol. The third kappa shape index (κ3) is 2.32. The van der Waals surface area contributed by atoms with Crippen molar-refractivity contribution in [1.29, 1.82) is 0 Å². The highest BCUT2D eigenvalue weighted by molar-refractivity contribution is 7.19.